The zero-order valence-electron chi connectivity index (χ0n) is 4.13. The molecule has 0 N–H and O–H groups in total. The minimum Gasteiger partial charge on any atom is -1.00 e. The molecular formula is F3K2Na. The molecule has 0 aliphatic heterocycles. The first-order chi connectivity index (χ1) is 0. The Morgan fingerprint density at radius 3 is 0.500 bits per heavy atom. The Labute approximate surface area is 142 Å². The summed E-state index contributed by atoms with van der Waals surface area (Å²) in [7, 11) is 0. The van der Waals surface area contributed by atoms with Crippen molar-refractivity contribution in [3.8, 4) is 0 Å². The van der Waals surface area contributed by atoms with Gasteiger partial charge < -0.3 is 14.1 Å². The maximum absolute atomic E-state index is 0. The van der Waals surface area contributed by atoms with E-state index in [0.717, 1.165) is 0 Å². The van der Waals surface area contributed by atoms with Crippen LogP contribution in [0.15, 0.2) is 0 Å². The fourth-order valence-electron chi connectivity index (χ4n) is 0. The van der Waals surface area contributed by atoms with Crippen molar-refractivity contribution in [2.24, 2.45) is 0 Å². The van der Waals surface area contributed by atoms with Crippen molar-refractivity contribution in [1.82, 2.24) is 0 Å². The second kappa shape index (κ2) is 35.7. The van der Waals surface area contributed by atoms with Crippen molar-refractivity contribution in [1.29, 1.82) is 0 Å². The molecule has 0 aromatic heterocycles. The van der Waals surface area contributed by atoms with Gasteiger partial charge in [0.15, 0.2) is 0 Å². The molecule has 0 radical (unpaired) electrons. The fraction of sp³-hybridized carbons (Fsp3) is 0. The molecule has 0 rings (SSSR count). The Morgan fingerprint density at radius 1 is 0.500 bits per heavy atom. The molecule has 0 atom stereocenters. The summed E-state index contributed by atoms with van der Waals surface area (Å²) in [5.74, 6) is 0. The van der Waals surface area contributed by atoms with Gasteiger partial charge in [0.25, 0.3) is 0 Å². The van der Waals surface area contributed by atoms with Crippen molar-refractivity contribution in [2.45, 2.75) is 0 Å². The van der Waals surface area contributed by atoms with Gasteiger partial charge in [-0.05, 0) is 0 Å². The smallest absolute Gasteiger partial charge is 1.00 e. The van der Waals surface area contributed by atoms with E-state index in [-0.39, 0.29) is 146 Å². The van der Waals surface area contributed by atoms with Crippen LogP contribution < -0.4 is 146 Å². The van der Waals surface area contributed by atoms with E-state index in [9.17, 15) is 0 Å². The topological polar surface area (TPSA) is 0 Å². The van der Waals surface area contributed by atoms with Gasteiger partial charge in [-0.25, -0.2) is 0 Å². The summed E-state index contributed by atoms with van der Waals surface area (Å²) in [4.78, 5) is 0. The fourth-order valence-corrected chi connectivity index (χ4v) is 0. The van der Waals surface area contributed by atoms with Crippen LogP contribution in [0.25, 0.3) is 0 Å². The van der Waals surface area contributed by atoms with Gasteiger partial charge in [-0.15, -0.1) is 0 Å². The van der Waals surface area contributed by atoms with Gasteiger partial charge in [0.2, 0.25) is 0 Å². The molecule has 0 amide bonds. The van der Waals surface area contributed by atoms with Crippen LogP contribution in [-0.2, 0) is 0 Å². The minimum atomic E-state index is 0. The average molecular weight is 158 g/mol. The molecule has 0 bridgehead atoms. The van der Waals surface area contributed by atoms with Gasteiger partial charge in [-0.3, -0.25) is 0 Å². The van der Waals surface area contributed by atoms with E-state index in [1.165, 1.54) is 0 Å². The van der Waals surface area contributed by atoms with Crippen LogP contribution in [0.4, 0.5) is 0 Å². The molecule has 0 unspecified atom stereocenters. The standard InChI is InChI=1S/3FH.2K.Na/h3*1H;;;/q;;;3*+1/p-3. The van der Waals surface area contributed by atoms with Crippen LogP contribution in [0.5, 0.6) is 0 Å². The van der Waals surface area contributed by atoms with Gasteiger partial charge >= 0.3 is 132 Å². The normalized spacial score (nSPS) is 0. The van der Waals surface area contributed by atoms with Gasteiger partial charge in [0.05, 0.1) is 0 Å². The summed E-state index contributed by atoms with van der Waals surface area (Å²) in [6.45, 7) is 0. The minimum absolute atomic E-state index is 0. The molecule has 0 fully saturated rings. The molecule has 0 nitrogen and oxygen atoms in total. The van der Waals surface area contributed by atoms with E-state index < -0.39 is 0 Å². The quantitative estimate of drug-likeness (QED) is 0.307. The van der Waals surface area contributed by atoms with E-state index >= 15 is 0 Å². The molecular weight excluding hydrogens is 158 g/mol. The van der Waals surface area contributed by atoms with Crippen LogP contribution in [0.1, 0.15) is 0 Å². The van der Waals surface area contributed by atoms with Crippen LogP contribution in [0.3, 0.4) is 0 Å². The van der Waals surface area contributed by atoms with E-state index in [1.807, 2.05) is 0 Å². The van der Waals surface area contributed by atoms with Crippen molar-refractivity contribution >= 4 is 0 Å². The van der Waals surface area contributed by atoms with Gasteiger partial charge in [0.1, 0.15) is 0 Å². The van der Waals surface area contributed by atoms with Crippen molar-refractivity contribution in [3.63, 3.8) is 0 Å². The largest absolute Gasteiger partial charge is 1.00 e. The molecule has 0 aliphatic rings. The van der Waals surface area contributed by atoms with E-state index in [4.69, 9.17) is 0 Å². The number of hydrogen-bond acceptors (Lipinski definition) is 0. The van der Waals surface area contributed by atoms with Gasteiger partial charge in [0, 0.05) is 0 Å². The average Bonchev–Trinajstić information content (AvgIpc) is 0. The monoisotopic (exact) mass is 158 g/mol. The summed E-state index contributed by atoms with van der Waals surface area (Å²) in [5.41, 5.74) is 0. The molecule has 24 valence electrons. The molecule has 6 heavy (non-hydrogen) atoms. The Balaban J connectivity index is 0. The van der Waals surface area contributed by atoms with Crippen molar-refractivity contribution in [2.75, 3.05) is 0 Å². The van der Waals surface area contributed by atoms with E-state index in [0.29, 0.717) is 0 Å². The SMILES string of the molecule is [F-].[F-].[F-].[K+].[K+].[Na+]. The van der Waals surface area contributed by atoms with Crippen LogP contribution in [0, 0.1) is 0 Å². The van der Waals surface area contributed by atoms with Crippen molar-refractivity contribution in [3.05, 3.63) is 0 Å². The molecule has 0 spiro atoms. The molecule has 0 aromatic carbocycles. The van der Waals surface area contributed by atoms with Gasteiger partial charge in [-0.1, -0.05) is 0 Å². The Hall–Kier alpha value is 4.06. The van der Waals surface area contributed by atoms with Crippen LogP contribution in [-0.4, -0.2) is 0 Å². The second-order valence-corrected chi connectivity index (χ2v) is 0. The number of halogens is 3. The number of hydrogen-bond donors (Lipinski definition) is 0. The molecule has 0 heterocycles. The first kappa shape index (κ1) is 50.1. The summed E-state index contributed by atoms with van der Waals surface area (Å²) < 4.78 is 0. The van der Waals surface area contributed by atoms with E-state index in [1.54, 1.807) is 0 Å². The summed E-state index contributed by atoms with van der Waals surface area (Å²) in [6, 6.07) is 0. The van der Waals surface area contributed by atoms with Crippen LogP contribution >= 0.6 is 0 Å². The Bertz CT molecular complexity index is 8.75. The third-order valence-electron chi connectivity index (χ3n) is 0. The van der Waals surface area contributed by atoms with Crippen LogP contribution in [0.2, 0.25) is 0 Å². The first-order valence-electron chi connectivity index (χ1n) is 0. The first-order valence-corrected chi connectivity index (χ1v) is 0. The summed E-state index contributed by atoms with van der Waals surface area (Å²) >= 11 is 0. The molecule has 0 saturated heterocycles. The zero-order chi connectivity index (χ0) is 0. The van der Waals surface area contributed by atoms with Crippen molar-refractivity contribution < 1.29 is 146 Å². The zero-order valence-corrected chi connectivity index (χ0v) is 12.4. The summed E-state index contributed by atoms with van der Waals surface area (Å²) in [6.07, 6.45) is 0. The Morgan fingerprint density at radius 2 is 0.500 bits per heavy atom. The Kier molecular flexibility index (Phi) is 298. The molecule has 0 aromatic rings. The molecule has 6 heteroatoms. The second-order valence-electron chi connectivity index (χ2n) is 0. The maximum atomic E-state index is 0. The third kappa shape index (κ3) is 24.4. The number of rotatable bonds is 0. The predicted octanol–water partition coefficient (Wildman–Crippen LogP) is -18.0. The maximum Gasteiger partial charge on any atom is 1.00 e. The molecule has 0 aliphatic carbocycles. The summed E-state index contributed by atoms with van der Waals surface area (Å²) in [5, 5.41) is 0. The third-order valence-corrected chi connectivity index (χ3v) is 0. The molecule has 0 saturated carbocycles. The predicted molar refractivity (Wildman–Crippen MR) is 0 cm³/mol. The van der Waals surface area contributed by atoms with Gasteiger partial charge in [-0.2, -0.15) is 0 Å². The van der Waals surface area contributed by atoms with E-state index in [2.05, 4.69) is 0 Å².